The molecule has 0 radical (unpaired) electrons. The van der Waals surface area contributed by atoms with E-state index >= 15 is 0 Å². The molecule has 0 aliphatic rings. The van der Waals surface area contributed by atoms with Gasteiger partial charge in [0.2, 0.25) is 0 Å². The number of hydrogen-bond donors (Lipinski definition) is 1. The van der Waals surface area contributed by atoms with Crippen LogP contribution >= 0.6 is 11.6 Å². The van der Waals surface area contributed by atoms with E-state index in [0.717, 1.165) is 22.9 Å². The Morgan fingerprint density at radius 1 is 1.35 bits per heavy atom. The van der Waals surface area contributed by atoms with Crippen LogP contribution < -0.4 is 10.1 Å². The van der Waals surface area contributed by atoms with Gasteiger partial charge >= 0.3 is 0 Å². The van der Waals surface area contributed by atoms with E-state index in [2.05, 4.69) is 52.0 Å². The van der Waals surface area contributed by atoms with E-state index in [1.165, 1.54) is 0 Å². The molecule has 0 bridgehead atoms. The van der Waals surface area contributed by atoms with Crippen molar-refractivity contribution in [1.29, 1.82) is 0 Å². The van der Waals surface area contributed by atoms with Crippen molar-refractivity contribution in [3.63, 3.8) is 0 Å². The summed E-state index contributed by atoms with van der Waals surface area (Å²) in [6.45, 7) is 10.0. The van der Waals surface area contributed by atoms with E-state index in [-0.39, 0.29) is 11.6 Å². The molecule has 0 aliphatic heterocycles. The first kappa shape index (κ1) is 17.3. The SMILES string of the molecule is CCNC(C)c1ccc(OCC(C)(C)N(C)C)cc1Cl. The highest BCUT2D eigenvalue weighted by molar-refractivity contribution is 6.31. The van der Waals surface area contributed by atoms with Gasteiger partial charge in [-0.2, -0.15) is 0 Å². The largest absolute Gasteiger partial charge is 0.492 e. The quantitative estimate of drug-likeness (QED) is 0.830. The summed E-state index contributed by atoms with van der Waals surface area (Å²) in [5.74, 6) is 0.817. The third-order valence-corrected chi connectivity index (χ3v) is 4.08. The summed E-state index contributed by atoms with van der Waals surface area (Å²) in [4.78, 5) is 2.15. The fourth-order valence-corrected chi connectivity index (χ4v) is 2.09. The molecule has 3 nitrogen and oxygen atoms in total. The zero-order chi connectivity index (χ0) is 15.3. The van der Waals surface area contributed by atoms with Gasteiger partial charge in [-0.05, 0) is 59.1 Å². The summed E-state index contributed by atoms with van der Waals surface area (Å²) >= 11 is 6.34. The van der Waals surface area contributed by atoms with Gasteiger partial charge in [0.05, 0.1) is 0 Å². The van der Waals surface area contributed by atoms with Gasteiger partial charge in [0.15, 0.2) is 0 Å². The van der Waals surface area contributed by atoms with Crippen molar-refractivity contribution in [3.05, 3.63) is 28.8 Å². The summed E-state index contributed by atoms with van der Waals surface area (Å²) in [5.41, 5.74) is 1.09. The Bertz CT molecular complexity index is 432. The number of rotatable bonds is 7. The van der Waals surface area contributed by atoms with Crippen molar-refractivity contribution in [3.8, 4) is 5.75 Å². The van der Waals surface area contributed by atoms with Crippen LogP contribution in [0.3, 0.4) is 0 Å². The summed E-state index contributed by atoms with van der Waals surface area (Å²) in [7, 11) is 4.11. The summed E-state index contributed by atoms with van der Waals surface area (Å²) in [6, 6.07) is 6.17. The smallest absolute Gasteiger partial charge is 0.120 e. The lowest BCUT2D eigenvalue weighted by Gasteiger charge is -2.32. The predicted octanol–water partition coefficient (Wildman–Crippen LogP) is 3.73. The fraction of sp³-hybridized carbons (Fsp3) is 0.625. The van der Waals surface area contributed by atoms with Crippen LogP contribution in [0.2, 0.25) is 5.02 Å². The maximum absolute atomic E-state index is 6.34. The number of hydrogen-bond acceptors (Lipinski definition) is 3. The molecule has 0 amide bonds. The minimum atomic E-state index is -0.0117. The lowest BCUT2D eigenvalue weighted by molar-refractivity contribution is 0.114. The zero-order valence-corrected chi connectivity index (χ0v) is 14.2. The van der Waals surface area contributed by atoms with E-state index < -0.39 is 0 Å². The Balaban J connectivity index is 2.73. The van der Waals surface area contributed by atoms with Gasteiger partial charge in [0, 0.05) is 16.6 Å². The molecule has 1 atom stereocenters. The van der Waals surface area contributed by atoms with Gasteiger partial charge in [-0.25, -0.2) is 0 Å². The number of nitrogens with zero attached hydrogens (tertiary/aromatic N) is 1. The molecule has 0 spiro atoms. The molecule has 4 heteroatoms. The third kappa shape index (κ3) is 4.65. The maximum Gasteiger partial charge on any atom is 0.120 e. The molecule has 0 aliphatic carbocycles. The van der Waals surface area contributed by atoms with Crippen LogP contribution in [-0.2, 0) is 0 Å². The Hall–Kier alpha value is -0.770. The minimum Gasteiger partial charge on any atom is -0.492 e. The molecule has 0 fully saturated rings. The third-order valence-electron chi connectivity index (χ3n) is 3.75. The van der Waals surface area contributed by atoms with Crippen LogP contribution in [0.5, 0.6) is 5.75 Å². The lowest BCUT2D eigenvalue weighted by Crippen LogP contribution is -2.43. The normalized spacial score (nSPS) is 13.6. The first-order chi connectivity index (χ1) is 9.27. The van der Waals surface area contributed by atoms with E-state index in [9.17, 15) is 0 Å². The second-order valence-electron chi connectivity index (χ2n) is 5.96. The van der Waals surface area contributed by atoms with Crippen molar-refractivity contribution in [2.45, 2.75) is 39.3 Å². The molecule has 114 valence electrons. The number of benzene rings is 1. The number of ether oxygens (including phenoxy) is 1. The van der Waals surface area contributed by atoms with Gasteiger partial charge in [0.1, 0.15) is 12.4 Å². The number of halogens is 1. The van der Waals surface area contributed by atoms with E-state index in [1.807, 2.05) is 18.2 Å². The molecule has 1 aromatic carbocycles. The van der Waals surface area contributed by atoms with Crippen molar-refractivity contribution in [2.75, 3.05) is 27.2 Å². The van der Waals surface area contributed by atoms with Crippen molar-refractivity contribution in [1.82, 2.24) is 10.2 Å². The first-order valence-corrected chi connectivity index (χ1v) is 7.48. The molecule has 1 aromatic rings. The Morgan fingerprint density at radius 3 is 2.50 bits per heavy atom. The molecule has 0 aromatic heterocycles. The molecule has 1 rings (SSSR count). The van der Waals surface area contributed by atoms with Crippen molar-refractivity contribution < 1.29 is 4.74 Å². The fourth-order valence-electron chi connectivity index (χ4n) is 1.75. The predicted molar refractivity (Wildman–Crippen MR) is 86.8 cm³/mol. The topological polar surface area (TPSA) is 24.5 Å². The van der Waals surface area contributed by atoms with Gasteiger partial charge in [-0.1, -0.05) is 24.6 Å². The van der Waals surface area contributed by atoms with Gasteiger partial charge < -0.3 is 15.0 Å². The van der Waals surface area contributed by atoms with Crippen LogP contribution in [0.25, 0.3) is 0 Å². The maximum atomic E-state index is 6.34. The van der Waals surface area contributed by atoms with Crippen LogP contribution in [0, 0.1) is 0 Å². The summed E-state index contributed by atoms with van der Waals surface area (Å²) < 4.78 is 5.86. The van der Waals surface area contributed by atoms with Gasteiger partial charge in [-0.15, -0.1) is 0 Å². The van der Waals surface area contributed by atoms with E-state index in [1.54, 1.807) is 0 Å². The monoisotopic (exact) mass is 298 g/mol. The van der Waals surface area contributed by atoms with Crippen LogP contribution in [0.15, 0.2) is 18.2 Å². The molecule has 0 heterocycles. The van der Waals surface area contributed by atoms with Gasteiger partial charge in [-0.3, -0.25) is 0 Å². The summed E-state index contributed by atoms with van der Waals surface area (Å²) in [6.07, 6.45) is 0. The first-order valence-electron chi connectivity index (χ1n) is 7.11. The van der Waals surface area contributed by atoms with Crippen LogP contribution in [0.1, 0.15) is 39.3 Å². The van der Waals surface area contributed by atoms with E-state index in [4.69, 9.17) is 16.3 Å². The van der Waals surface area contributed by atoms with E-state index in [0.29, 0.717) is 6.61 Å². The zero-order valence-electron chi connectivity index (χ0n) is 13.5. The average molecular weight is 299 g/mol. The Kier molecular flexibility index (Phi) is 6.31. The van der Waals surface area contributed by atoms with Crippen LogP contribution in [0.4, 0.5) is 0 Å². The highest BCUT2D eigenvalue weighted by Gasteiger charge is 2.21. The second kappa shape index (κ2) is 7.30. The highest BCUT2D eigenvalue weighted by atomic mass is 35.5. The number of likely N-dealkylation sites (N-methyl/N-ethyl adjacent to an activating group) is 1. The standard InChI is InChI=1S/C16H27ClN2O/c1-7-18-12(2)14-9-8-13(10-15(14)17)20-11-16(3,4)19(5)6/h8-10,12,18H,7,11H2,1-6H3. The number of nitrogens with one attached hydrogen (secondary N) is 1. The highest BCUT2D eigenvalue weighted by Crippen LogP contribution is 2.27. The molecule has 0 saturated carbocycles. The molecular weight excluding hydrogens is 272 g/mol. The molecule has 20 heavy (non-hydrogen) atoms. The minimum absolute atomic E-state index is 0.0117. The van der Waals surface area contributed by atoms with Crippen LogP contribution in [-0.4, -0.2) is 37.7 Å². The summed E-state index contributed by atoms with van der Waals surface area (Å²) in [5, 5.41) is 4.11. The molecule has 1 N–H and O–H groups in total. The lowest BCUT2D eigenvalue weighted by atomic mass is 10.1. The van der Waals surface area contributed by atoms with Gasteiger partial charge in [0.25, 0.3) is 0 Å². The average Bonchev–Trinajstić information content (AvgIpc) is 2.36. The second-order valence-corrected chi connectivity index (χ2v) is 6.37. The van der Waals surface area contributed by atoms with Crippen molar-refractivity contribution in [2.24, 2.45) is 0 Å². The van der Waals surface area contributed by atoms with Crippen molar-refractivity contribution >= 4 is 11.6 Å². The molecule has 1 unspecified atom stereocenters. The molecular formula is C16H27ClN2O. The molecule has 0 saturated heterocycles. The Morgan fingerprint density at radius 2 is 2.00 bits per heavy atom. The Labute approximate surface area is 128 Å².